The van der Waals surface area contributed by atoms with Crippen LogP contribution in [0.15, 0.2) is 58.1 Å². The fourth-order valence-electron chi connectivity index (χ4n) is 1.71. The number of nitrogens with zero attached hydrogens (tertiary/aromatic N) is 2. The zero-order valence-electron chi connectivity index (χ0n) is 12.7. The van der Waals surface area contributed by atoms with Crippen molar-refractivity contribution in [1.29, 1.82) is 0 Å². The van der Waals surface area contributed by atoms with Gasteiger partial charge in [-0.2, -0.15) is 5.10 Å². The van der Waals surface area contributed by atoms with Crippen LogP contribution >= 0.6 is 15.9 Å². The number of benzene rings is 2. The maximum absolute atomic E-state index is 11.9. The minimum atomic E-state index is -0.722. The zero-order valence-corrected chi connectivity index (χ0v) is 14.3. The first-order valence-corrected chi connectivity index (χ1v) is 7.74. The molecule has 24 heavy (non-hydrogen) atoms. The van der Waals surface area contributed by atoms with E-state index in [-0.39, 0.29) is 5.69 Å². The summed E-state index contributed by atoms with van der Waals surface area (Å²) in [6.07, 6.45) is 0.675. The van der Waals surface area contributed by atoms with Gasteiger partial charge in [0.1, 0.15) is 5.75 Å². The molecule has 0 spiro atoms. The first-order valence-electron chi connectivity index (χ1n) is 6.95. The van der Waals surface area contributed by atoms with Crippen molar-refractivity contribution >= 4 is 33.7 Å². The molecule has 8 heteroatoms. The summed E-state index contributed by atoms with van der Waals surface area (Å²) in [5.41, 5.74) is 2.98. The molecule has 0 saturated heterocycles. The van der Waals surface area contributed by atoms with Gasteiger partial charge in [-0.1, -0.05) is 15.9 Å². The lowest BCUT2D eigenvalue weighted by Crippen LogP contribution is -2.33. The third-order valence-corrected chi connectivity index (χ3v) is 3.52. The summed E-state index contributed by atoms with van der Waals surface area (Å²) in [4.78, 5) is 22.0. The van der Waals surface area contributed by atoms with E-state index in [1.54, 1.807) is 19.1 Å². The van der Waals surface area contributed by atoms with E-state index in [1.165, 1.54) is 30.5 Å². The number of nitro groups is 1. The maximum atomic E-state index is 11.9. The van der Waals surface area contributed by atoms with Crippen molar-refractivity contribution < 1.29 is 14.5 Å². The molecule has 1 N–H and O–H groups in total. The highest BCUT2D eigenvalue weighted by molar-refractivity contribution is 9.10. The molecule has 0 aliphatic carbocycles. The summed E-state index contributed by atoms with van der Waals surface area (Å²) in [5.74, 6) is 0.163. The van der Waals surface area contributed by atoms with Crippen LogP contribution in [0.2, 0.25) is 0 Å². The number of rotatable bonds is 6. The Bertz CT molecular complexity index is 745. The van der Waals surface area contributed by atoms with Gasteiger partial charge in [-0.25, -0.2) is 5.43 Å². The van der Waals surface area contributed by atoms with E-state index in [1.807, 2.05) is 12.1 Å². The minimum absolute atomic E-state index is 0.00675. The fourth-order valence-corrected chi connectivity index (χ4v) is 1.98. The van der Waals surface area contributed by atoms with Crippen LogP contribution in [-0.2, 0) is 4.79 Å². The molecule has 2 aromatic carbocycles. The van der Waals surface area contributed by atoms with Gasteiger partial charge in [0, 0.05) is 16.6 Å². The number of hydrazone groups is 1. The molecule has 0 bridgehead atoms. The number of carbonyl (C=O) groups excluding carboxylic acids is 1. The number of nitro benzene ring substituents is 1. The van der Waals surface area contributed by atoms with Crippen LogP contribution < -0.4 is 10.2 Å². The molecule has 0 fully saturated rings. The molecule has 124 valence electrons. The Kier molecular flexibility index (Phi) is 6.02. The Balaban J connectivity index is 1.87. The van der Waals surface area contributed by atoms with Crippen LogP contribution in [0.25, 0.3) is 0 Å². The highest BCUT2D eigenvalue weighted by Crippen LogP contribution is 2.17. The monoisotopic (exact) mass is 391 g/mol. The van der Waals surface area contributed by atoms with Gasteiger partial charge in [0.05, 0.1) is 11.1 Å². The van der Waals surface area contributed by atoms with Crippen molar-refractivity contribution in [1.82, 2.24) is 5.43 Å². The second-order valence-electron chi connectivity index (χ2n) is 4.80. The quantitative estimate of drug-likeness (QED) is 0.464. The van der Waals surface area contributed by atoms with Gasteiger partial charge in [0.2, 0.25) is 0 Å². The van der Waals surface area contributed by atoms with Crippen LogP contribution in [0.1, 0.15) is 12.5 Å². The van der Waals surface area contributed by atoms with Crippen molar-refractivity contribution in [2.75, 3.05) is 0 Å². The average molecular weight is 392 g/mol. The lowest BCUT2D eigenvalue weighted by molar-refractivity contribution is -0.384. The van der Waals surface area contributed by atoms with E-state index in [9.17, 15) is 14.9 Å². The molecule has 2 aromatic rings. The zero-order chi connectivity index (χ0) is 17.5. The predicted octanol–water partition coefficient (Wildman–Crippen LogP) is 3.27. The highest BCUT2D eigenvalue weighted by atomic mass is 79.9. The molecule has 0 radical (unpaired) electrons. The molecule has 0 aromatic heterocycles. The summed E-state index contributed by atoms with van der Waals surface area (Å²) >= 11 is 3.32. The van der Waals surface area contributed by atoms with Crippen molar-refractivity contribution in [3.63, 3.8) is 0 Å². The lowest BCUT2D eigenvalue weighted by Gasteiger charge is -2.12. The average Bonchev–Trinajstić information content (AvgIpc) is 2.57. The van der Waals surface area contributed by atoms with Crippen molar-refractivity contribution in [3.8, 4) is 5.75 Å². The van der Waals surface area contributed by atoms with Gasteiger partial charge in [0.15, 0.2) is 6.10 Å². The summed E-state index contributed by atoms with van der Waals surface area (Å²) in [6, 6.07) is 12.9. The Morgan fingerprint density at radius 1 is 1.25 bits per heavy atom. The molecule has 0 aliphatic rings. The van der Waals surface area contributed by atoms with E-state index in [0.29, 0.717) is 11.3 Å². The van der Waals surface area contributed by atoms with Crippen LogP contribution in [-0.4, -0.2) is 23.1 Å². The number of hydrogen-bond acceptors (Lipinski definition) is 5. The number of amides is 1. The van der Waals surface area contributed by atoms with Crippen molar-refractivity contribution in [2.24, 2.45) is 5.10 Å². The first kappa shape index (κ1) is 17.6. The number of ether oxygens (including phenoxy) is 1. The van der Waals surface area contributed by atoms with E-state index >= 15 is 0 Å². The molecule has 0 aliphatic heterocycles. The van der Waals surface area contributed by atoms with Gasteiger partial charge in [-0.15, -0.1) is 0 Å². The molecule has 0 heterocycles. The van der Waals surface area contributed by atoms with Crippen LogP contribution in [0.4, 0.5) is 5.69 Å². The molecule has 0 saturated carbocycles. The molecular formula is C16H14BrN3O4. The SMILES string of the molecule is CC(Oc1ccc(Br)cc1)C(=O)NN=Cc1ccc([N+](=O)[O-])cc1. The van der Waals surface area contributed by atoms with Gasteiger partial charge < -0.3 is 4.74 Å². The molecule has 1 atom stereocenters. The van der Waals surface area contributed by atoms with Gasteiger partial charge in [0.25, 0.3) is 11.6 Å². The normalized spacial score (nSPS) is 11.9. The standard InChI is InChI=1S/C16H14BrN3O4/c1-11(24-15-8-4-13(17)5-9-15)16(21)19-18-10-12-2-6-14(7-3-12)20(22)23/h2-11H,1H3,(H,19,21). The number of carbonyl (C=O) groups is 1. The Labute approximate surface area is 146 Å². The number of halogens is 1. The summed E-state index contributed by atoms with van der Waals surface area (Å²) < 4.78 is 6.41. The van der Waals surface area contributed by atoms with E-state index in [2.05, 4.69) is 26.5 Å². The summed E-state index contributed by atoms with van der Waals surface area (Å²) in [6.45, 7) is 1.61. The molecule has 2 rings (SSSR count). The highest BCUT2D eigenvalue weighted by Gasteiger charge is 2.13. The second kappa shape index (κ2) is 8.21. The molecular weight excluding hydrogens is 378 g/mol. The Morgan fingerprint density at radius 3 is 2.46 bits per heavy atom. The maximum Gasteiger partial charge on any atom is 0.280 e. The largest absolute Gasteiger partial charge is 0.481 e. The number of nitrogens with one attached hydrogen (secondary N) is 1. The third kappa shape index (κ3) is 5.17. The van der Waals surface area contributed by atoms with Crippen molar-refractivity contribution in [2.45, 2.75) is 13.0 Å². The first-order chi connectivity index (χ1) is 11.5. The lowest BCUT2D eigenvalue weighted by atomic mass is 10.2. The number of hydrogen-bond donors (Lipinski definition) is 1. The van der Waals surface area contributed by atoms with Gasteiger partial charge >= 0.3 is 0 Å². The topological polar surface area (TPSA) is 93.8 Å². The fraction of sp³-hybridized carbons (Fsp3) is 0.125. The third-order valence-electron chi connectivity index (χ3n) is 2.99. The molecule has 1 unspecified atom stereocenters. The van der Waals surface area contributed by atoms with Crippen molar-refractivity contribution in [3.05, 3.63) is 68.7 Å². The van der Waals surface area contributed by atoms with Gasteiger partial charge in [-0.05, 0) is 48.9 Å². The summed E-state index contributed by atoms with van der Waals surface area (Å²) in [5, 5.41) is 14.4. The smallest absolute Gasteiger partial charge is 0.280 e. The van der Waals surface area contributed by atoms with E-state index in [4.69, 9.17) is 4.74 Å². The number of non-ortho nitro benzene ring substituents is 1. The van der Waals surface area contributed by atoms with Gasteiger partial charge in [-0.3, -0.25) is 14.9 Å². The van der Waals surface area contributed by atoms with Crippen LogP contribution in [0.5, 0.6) is 5.75 Å². The van der Waals surface area contributed by atoms with Crippen LogP contribution in [0.3, 0.4) is 0 Å². The van der Waals surface area contributed by atoms with E-state index < -0.39 is 16.9 Å². The van der Waals surface area contributed by atoms with E-state index in [0.717, 1.165) is 4.47 Å². The second-order valence-corrected chi connectivity index (χ2v) is 5.71. The molecule has 1 amide bonds. The summed E-state index contributed by atoms with van der Waals surface area (Å²) in [7, 11) is 0. The Hall–Kier alpha value is -2.74. The minimum Gasteiger partial charge on any atom is -0.481 e. The Morgan fingerprint density at radius 2 is 1.88 bits per heavy atom. The predicted molar refractivity (Wildman–Crippen MR) is 93.1 cm³/mol. The van der Waals surface area contributed by atoms with Crippen LogP contribution in [0, 0.1) is 10.1 Å². The molecule has 7 nitrogen and oxygen atoms in total.